The molecular formula is C20H26N2O3S2. The molecule has 0 atom stereocenters. The molecule has 1 aliphatic heterocycles. The van der Waals surface area contributed by atoms with Gasteiger partial charge in [-0.05, 0) is 50.5 Å². The predicted octanol–water partition coefficient (Wildman–Crippen LogP) is 4.38. The van der Waals surface area contributed by atoms with Gasteiger partial charge in [0.15, 0.2) is 0 Å². The van der Waals surface area contributed by atoms with Gasteiger partial charge in [0.1, 0.15) is 4.32 Å². The number of rotatable bonds is 10. The van der Waals surface area contributed by atoms with E-state index in [0.717, 1.165) is 31.5 Å². The Balaban J connectivity index is 1.96. The largest absolute Gasteiger partial charge is 0.481 e. The van der Waals surface area contributed by atoms with Crippen LogP contribution in [0.1, 0.15) is 45.1 Å². The molecule has 1 fully saturated rings. The minimum atomic E-state index is -0.782. The third-order valence-corrected chi connectivity index (χ3v) is 5.84. The summed E-state index contributed by atoms with van der Waals surface area (Å²) < 4.78 is 0.573. The number of thioether (sulfide) groups is 1. The molecule has 1 N–H and O–H groups in total. The summed E-state index contributed by atoms with van der Waals surface area (Å²) in [5.41, 5.74) is 2.15. The van der Waals surface area contributed by atoms with E-state index in [1.165, 1.54) is 17.4 Å². The van der Waals surface area contributed by atoms with Gasteiger partial charge in [-0.25, -0.2) is 0 Å². The fourth-order valence-electron chi connectivity index (χ4n) is 2.94. The fraction of sp³-hybridized carbons (Fsp3) is 0.450. The van der Waals surface area contributed by atoms with Crippen LogP contribution in [0.25, 0.3) is 6.08 Å². The fourth-order valence-corrected chi connectivity index (χ4v) is 4.25. The predicted molar refractivity (Wildman–Crippen MR) is 116 cm³/mol. The Morgan fingerprint density at radius 3 is 2.44 bits per heavy atom. The molecule has 0 saturated carbocycles. The van der Waals surface area contributed by atoms with Crippen LogP contribution >= 0.6 is 24.0 Å². The van der Waals surface area contributed by atoms with Gasteiger partial charge in [-0.1, -0.05) is 42.5 Å². The molecule has 5 nitrogen and oxygen atoms in total. The van der Waals surface area contributed by atoms with E-state index < -0.39 is 5.97 Å². The second-order valence-electron chi connectivity index (χ2n) is 6.30. The molecule has 1 aromatic carbocycles. The summed E-state index contributed by atoms with van der Waals surface area (Å²) >= 11 is 6.67. The van der Waals surface area contributed by atoms with Crippen molar-refractivity contribution in [3.8, 4) is 0 Å². The van der Waals surface area contributed by atoms with E-state index >= 15 is 0 Å². The third-order valence-electron chi connectivity index (χ3n) is 4.47. The van der Waals surface area contributed by atoms with Crippen LogP contribution in [0, 0.1) is 0 Å². The molecule has 0 spiro atoms. The van der Waals surface area contributed by atoms with Gasteiger partial charge in [0, 0.05) is 31.7 Å². The van der Waals surface area contributed by atoms with Crippen LogP contribution in [-0.2, 0) is 9.59 Å². The zero-order valence-corrected chi connectivity index (χ0v) is 17.4. The molecule has 0 bridgehead atoms. The minimum absolute atomic E-state index is 0.0592. The number of thiocarbonyl (C=S) groups is 1. The molecule has 1 aliphatic rings. The highest BCUT2D eigenvalue weighted by molar-refractivity contribution is 8.26. The number of amides is 1. The van der Waals surface area contributed by atoms with Crippen molar-refractivity contribution in [3.05, 3.63) is 34.7 Å². The number of carboxylic acids is 1. The molecule has 146 valence electrons. The second kappa shape index (κ2) is 10.5. The van der Waals surface area contributed by atoms with E-state index in [-0.39, 0.29) is 12.3 Å². The van der Waals surface area contributed by atoms with E-state index in [1.54, 1.807) is 4.90 Å². The molecule has 1 saturated heterocycles. The Kier molecular flexibility index (Phi) is 8.31. The number of carbonyl (C=O) groups is 2. The summed E-state index contributed by atoms with van der Waals surface area (Å²) in [5.74, 6) is -0.841. The Morgan fingerprint density at radius 2 is 1.85 bits per heavy atom. The van der Waals surface area contributed by atoms with Crippen molar-refractivity contribution >= 4 is 51.9 Å². The molecule has 2 rings (SSSR count). The SMILES string of the molecule is CCN(CC)c1ccc(/C=C2/SC(=S)N(CCCCCC(=O)O)C2=O)cc1. The van der Waals surface area contributed by atoms with Gasteiger partial charge in [0.2, 0.25) is 0 Å². The number of hydrogen-bond donors (Lipinski definition) is 1. The number of carboxylic acid groups (broad SMARTS) is 1. The number of anilines is 1. The average molecular weight is 407 g/mol. The molecule has 1 aromatic rings. The molecule has 0 unspecified atom stereocenters. The lowest BCUT2D eigenvalue weighted by atomic mass is 10.1. The summed E-state index contributed by atoms with van der Waals surface area (Å²) in [7, 11) is 0. The van der Waals surface area contributed by atoms with Crippen LogP contribution in [0.3, 0.4) is 0 Å². The van der Waals surface area contributed by atoms with Crippen LogP contribution < -0.4 is 4.90 Å². The lowest BCUT2D eigenvalue weighted by molar-refractivity contribution is -0.137. The normalized spacial score (nSPS) is 15.6. The molecule has 0 aliphatic carbocycles. The van der Waals surface area contributed by atoms with E-state index in [4.69, 9.17) is 17.3 Å². The average Bonchev–Trinajstić information content (AvgIpc) is 2.90. The lowest BCUT2D eigenvalue weighted by Gasteiger charge is -2.20. The molecule has 1 amide bonds. The number of unbranched alkanes of at least 4 members (excludes halogenated alkanes) is 2. The van der Waals surface area contributed by atoms with E-state index in [0.29, 0.717) is 22.2 Å². The monoisotopic (exact) mass is 406 g/mol. The first-order valence-electron chi connectivity index (χ1n) is 9.28. The van der Waals surface area contributed by atoms with Crippen LogP contribution in [0.5, 0.6) is 0 Å². The number of benzene rings is 1. The highest BCUT2D eigenvalue weighted by Crippen LogP contribution is 2.33. The van der Waals surface area contributed by atoms with Gasteiger partial charge in [-0.15, -0.1) is 0 Å². The zero-order valence-electron chi connectivity index (χ0n) is 15.8. The Hall–Kier alpha value is -1.86. The minimum Gasteiger partial charge on any atom is -0.481 e. The Bertz CT molecular complexity index is 712. The summed E-state index contributed by atoms with van der Waals surface area (Å²) in [6.07, 6.45) is 4.21. The molecule has 0 aromatic heterocycles. The Labute approximate surface area is 170 Å². The molecular weight excluding hydrogens is 380 g/mol. The maximum Gasteiger partial charge on any atom is 0.303 e. The summed E-state index contributed by atoms with van der Waals surface area (Å²) in [6, 6.07) is 8.18. The third kappa shape index (κ3) is 6.07. The van der Waals surface area contributed by atoms with E-state index in [1.807, 2.05) is 18.2 Å². The lowest BCUT2D eigenvalue weighted by Crippen LogP contribution is -2.29. The zero-order chi connectivity index (χ0) is 19.8. The summed E-state index contributed by atoms with van der Waals surface area (Å²) in [5, 5.41) is 8.66. The van der Waals surface area contributed by atoms with Crippen molar-refractivity contribution in [2.75, 3.05) is 24.5 Å². The van der Waals surface area contributed by atoms with Crippen molar-refractivity contribution in [1.82, 2.24) is 4.90 Å². The van der Waals surface area contributed by atoms with Crippen molar-refractivity contribution in [3.63, 3.8) is 0 Å². The van der Waals surface area contributed by atoms with E-state index in [9.17, 15) is 9.59 Å². The highest BCUT2D eigenvalue weighted by atomic mass is 32.2. The summed E-state index contributed by atoms with van der Waals surface area (Å²) in [6.45, 7) is 6.72. The first kappa shape index (κ1) is 21.4. The van der Waals surface area contributed by atoms with Crippen LogP contribution in [0.15, 0.2) is 29.2 Å². The maximum absolute atomic E-state index is 12.6. The highest BCUT2D eigenvalue weighted by Gasteiger charge is 2.31. The molecule has 27 heavy (non-hydrogen) atoms. The van der Waals surface area contributed by atoms with Crippen LogP contribution in [0.2, 0.25) is 0 Å². The first-order chi connectivity index (χ1) is 13.0. The van der Waals surface area contributed by atoms with Crippen molar-refractivity contribution in [2.45, 2.75) is 39.5 Å². The van der Waals surface area contributed by atoms with Gasteiger partial charge in [0.25, 0.3) is 5.91 Å². The van der Waals surface area contributed by atoms with E-state index in [2.05, 4.69) is 30.9 Å². The van der Waals surface area contributed by atoms with Crippen LogP contribution in [0.4, 0.5) is 5.69 Å². The number of aliphatic carboxylic acids is 1. The molecule has 7 heteroatoms. The van der Waals surface area contributed by atoms with Crippen molar-refractivity contribution < 1.29 is 14.7 Å². The maximum atomic E-state index is 12.6. The Morgan fingerprint density at radius 1 is 1.19 bits per heavy atom. The van der Waals surface area contributed by atoms with Gasteiger partial charge >= 0.3 is 5.97 Å². The smallest absolute Gasteiger partial charge is 0.303 e. The molecule has 1 heterocycles. The van der Waals surface area contributed by atoms with Crippen molar-refractivity contribution in [1.29, 1.82) is 0 Å². The van der Waals surface area contributed by atoms with Gasteiger partial charge in [0.05, 0.1) is 4.91 Å². The van der Waals surface area contributed by atoms with Gasteiger partial charge < -0.3 is 10.0 Å². The topological polar surface area (TPSA) is 60.9 Å². The molecule has 0 radical (unpaired) electrons. The standard InChI is InChI=1S/C20H26N2O3S2/c1-3-21(4-2)16-11-9-15(10-12-16)14-17-19(25)22(20(26)27-17)13-7-5-6-8-18(23)24/h9-12,14H,3-8,13H2,1-2H3,(H,23,24)/b17-14+. The number of carbonyl (C=O) groups excluding carboxylic acids is 1. The van der Waals surface area contributed by atoms with Crippen LogP contribution in [-0.4, -0.2) is 45.8 Å². The van der Waals surface area contributed by atoms with Gasteiger partial charge in [-0.3, -0.25) is 14.5 Å². The number of hydrogen-bond acceptors (Lipinski definition) is 5. The first-order valence-corrected chi connectivity index (χ1v) is 10.5. The second-order valence-corrected chi connectivity index (χ2v) is 7.98. The number of nitrogens with zero attached hydrogens (tertiary/aromatic N) is 2. The van der Waals surface area contributed by atoms with Crippen molar-refractivity contribution in [2.24, 2.45) is 0 Å². The van der Waals surface area contributed by atoms with Gasteiger partial charge in [-0.2, -0.15) is 0 Å². The quantitative estimate of drug-likeness (QED) is 0.353. The summed E-state index contributed by atoms with van der Waals surface area (Å²) in [4.78, 5) is 27.7.